The molecular weight excluding hydrogens is 204 g/mol. The van der Waals surface area contributed by atoms with Gasteiger partial charge in [0.2, 0.25) is 5.91 Å². The molecule has 0 bridgehead atoms. The van der Waals surface area contributed by atoms with Gasteiger partial charge in [0.25, 0.3) is 0 Å². The smallest absolute Gasteiger partial charge is 0.238 e. The minimum atomic E-state index is 0.183. The van der Waals surface area contributed by atoms with Crippen LogP contribution in [0.3, 0.4) is 0 Å². The minimum Gasteiger partial charge on any atom is -0.497 e. The fourth-order valence-corrected chi connectivity index (χ4v) is 1.79. The molecule has 1 aromatic rings. The van der Waals surface area contributed by atoms with Crippen LogP contribution in [-0.4, -0.2) is 31.1 Å². The van der Waals surface area contributed by atoms with Gasteiger partial charge in [0.1, 0.15) is 5.75 Å². The number of ether oxygens (including phenoxy) is 1. The molecule has 16 heavy (non-hydrogen) atoms. The largest absolute Gasteiger partial charge is 0.497 e. The number of benzene rings is 1. The number of methoxy groups -OCH3 is 1. The zero-order valence-electron chi connectivity index (χ0n) is 9.40. The summed E-state index contributed by atoms with van der Waals surface area (Å²) in [5.74, 6) is 1.04. The van der Waals surface area contributed by atoms with Crippen molar-refractivity contribution in [3.63, 3.8) is 0 Å². The maximum Gasteiger partial charge on any atom is 0.238 e. The van der Waals surface area contributed by atoms with Crippen molar-refractivity contribution in [2.75, 3.05) is 20.2 Å². The summed E-state index contributed by atoms with van der Waals surface area (Å²) in [6, 6.07) is 7.93. The molecule has 86 valence electrons. The first kappa shape index (κ1) is 11.0. The second-order valence-electron chi connectivity index (χ2n) is 3.81. The van der Waals surface area contributed by atoms with Crippen LogP contribution < -0.4 is 10.2 Å². The standard InChI is InChI=1S/C12H16N2O2/c1-16-11-4-2-3-10(9-11)6-8-14-12(15)5-7-13-14/h2-4,9,13H,5-8H2,1H3. The monoisotopic (exact) mass is 220 g/mol. The zero-order chi connectivity index (χ0) is 11.4. The van der Waals surface area contributed by atoms with Crippen LogP contribution in [0.4, 0.5) is 0 Å². The molecule has 0 aliphatic carbocycles. The van der Waals surface area contributed by atoms with Crippen molar-refractivity contribution >= 4 is 5.91 Å². The zero-order valence-corrected chi connectivity index (χ0v) is 9.40. The van der Waals surface area contributed by atoms with Gasteiger partial charge in [-0.15, -0.1) is 0 Å². The van der Waals surface area contributed by atoms with Crippen molar-refractivity contribution in [1.82, 2.24) is 10.4 Å². The van der Waals surface area contributed by atoms with Crippen LogP contribution in [0.5, 0.6) is 5.75 Å². The number of nitrogens with zero attached hydrogens (tertiary/aromatic N) is 1. The highest BCUT2D eigenvalue weighted by Crippen LogP contribution is 2.13. The Morgan fingerprint density at radius 2 is 2.38 bits per heavy atom. The number of hydrogen-bond acceptors (Lipinski definition) is 3. The van der Waals surface area contributed by atoms with Gasteiger partial charge >= 0.3 is 0 Å². The van der Waals surface area contributed by atoms with Crippen molar-refractivity contribution < 1.29 is 9.53 Å². The lowest BCUT2D eigenvalue weighted by molar-refractivity contribution is -0.129. The number of amides is 1. The number of hydrogen-bond donors (Lipinski definition) is 1. The number of carbonyl (C=O) groups is 1. The summed E-state index contributed by atoms with van der Waals surface area (Å²) >= 11 is 0. The van der Waals surface area contributed by atoms with Crippen molar-refractivity contribution in [3.8, 4) is 5.75 Å². The molecular formula is C12H16N2O2. The summed E-state index contributed by atoms with van der Waals surface area (Å²) in [5, 5.41) is 1.69. The summed E-state index contributed by atoms with van der Waals surface area (Å²) in [5.41, 5.74) is 4.24. The van der Waals surface area contributed by atoms with Gasteiger partial charge in [-0.05, 0) is 24.1 Å². The molecule has 1 fully saturated rings. The van der Waals surface area contributed by atoms with E-state index in [9.17, 15) is 4.79 Å². The molecule has 0 atom stereocenters. The predicted octanol–water partition coefficient (Wildman–Crippen LogP) is 0.975. The Morgan fingerprint density at radius 3 is 3.06 bits per heavy atom. The van der Waals surface area contributed by atoms with E-state index in [1.54, 1.807) is 12.1 Å². The van der Waals surface area contributed by atoms with E-state index in [2.05, 4.69) is 5.43 Å². The van der Waals surface area contributed by atoms with Gasteiger partial charge < -0.3 is 4.74 Å². The van der Waals surface area contributed by atoms with E-state index >= 15 is 0 Å². The Morgan fingerprint density at radius 1 is 1.50 bits per heavy atom. The number of hydrazine groups is 1. The molecule has 1 amide bonds. The molecule has 1 aliphatic heterocycles. The maximum atomic E-state index is 11.4. The van der Waals surface area contributed by atoms with E-state index in [4.69, 9.17) is 4.74 Å². The van der Waals surface area contributed by atoms with Crippen LogP contribution in [-0.2, 0) is 11.2 Å². The Balaban J connectivity index is 1.91. The van der Waals surface area contributed by atoms with Crippen molar-refractivity contribution in [2.45, 2.75) is 12.8 Å². The van der Waals surface area contributed by atoms with Gasteiger partial charge in [-0.3, -0.25) is 9.80 Å². The Labute approximate surface area is 95.2 Å². The molecule has 1 aromatic carbocycles. The average molecular weight is 220 g/mol. The Bertz CT molecular complexity index is 379. The molecule has 0 spiro atoms. The molecule has 0 saturated carbocycles. The molecule has 1 N–H and O–H groups in total. The highest BCUT2D eigenvalue weighted by Gasteiger charge is 2.18. The van der Waals surface area contributed by atoms with Gasteiger partial charge in [-0.25, -0.2) is 5.43 Å². The maximum absolute atomic E-state index is 11.4. The topological polar surface area (TPSA) is 41.6 Å². The summed E-state index contributed by atoms with van der Waals surface area (Å²) in [7, 11) is 1.66. The van der Waals surface area contributed by atoms with Crippen LogP contribution in [0, 0.1) is 0 Å². The lowest BCUT2D eigenvalue weighted by Crippen LogP contribution is -2.35. The van der Waals surface area contributed by atoms with Gasteiger partial charge in [-0.2, -0.15) is 0 Å². The van der Waals surface area contributed by atoms with Crippen LogP contribution in [0.25, 0.3) is 0 Å². The fourth-order valence-electron chi connectivity index (χ4n) is 1.79. The Kier molecular flexibility index (Phi) is 3.41. The van der Waals surface area contributed by atoms with Gasteiger partial charge in [0.15, 0.2) is 0 Å². The Hall–Kier alpha value is -1.55. The van der Waals surface area contributed by atoms with E-state index in [1.165, 1.54) is 5.56 Å². The summed E-state index contributed by atoms with van der Waals surface area (Å²) < 4.78 is 5.15. The molecule has 1 saturated heterocycles. The lowest BCUT2D eigenvalue weighted by Gasteiger charge is -2.15. The highest BCUT2D eigenvalue weighted by atomic mass is 16.5. The predicted molar refractivity (Wildman–Crippen MR) is 61.0 cm³/mol. The summed E-state index contributed by atoms with van der Waals surface area (Å²) in [6.45, 7) is 1.48. The molecule has 0 aromatic heterocycles. The fraction of sp³-hybridized carbons (Fsp3) is 0.417. The van der Waals surface area contributed by atoms with Crippen LogP contribution in [0.15, 0.2) is 24.3 Å². The van der Waals surface area contributed by atoms with Crippen molar-refractivity contribution in [2.24, 2.45) is 0 Å². The molecule has 4 heteroatoms. The van der Waals surface area contributed by atoms with E-state index in [-0.39, 0.29) is 5.91 Å². The van der Waals surface area contributed by atoms with Gasteiger partial charge in [-0.1, -0.05) is 12.1 Å². The number of rotatable bonds is 4. The molecule has 0 radical (unpaired) electrons. The second kappa shape index (κ2) is 4.99. The first-order valence-electron chi connectivity index (χ1n) is 5.46. The first-order chi connectivity index (χ1) is 7.79. The van der Waals surface area contributed by atoms with Crippen LogP contribution >= 0.6 is 0 Å². The average Bonchev–Trinajstić information content (AvgIpc) is 2.72. The molecule has 0 unspecified atom stereocenters. The minimum absolute atomic E-state index is 0.183. The normalized spacial score (nSPS) is 15.6. The van der Waals surface area contributed by atoms with Crippen LogP contribution in [0.1, 0.15) is 12.0 Å². The van der Waals surface area contributed by atoms with E-state index in [0.29, 0.717) is 13.0 Å². The third-order valence-electron chi connectivity index (χ3n) is 2.70. The van der Waals surface area contributed by atoms with Crippen LogP contribution in [0.2, 0.25) is 0 Å². The molecule has 1 aliphatic rings. The molecule has 4 nitrogen and oxygen atoms in total. The summed E-state index contributed by atoms with van der Waals surface area (Å²) in [4.78, 5) is 11.4. The van der Waals surface area contributed by atoms with E-state index < -0.39 is 0 Å². The highest BCUT2D eigenvalue weighted by molar-refractivity contribution is 5.77. The molecule has 2 rings (SSSR count). The van der Waals surface area contributed by atoms with E-state index in [0.717, 1.165) is 18.7 Å². The number of nitrogens with one attached hydrogen (secondary N) is 1. The van der Waals surface area contributed by atoms with Crippen molar-refractivity contribution in [1.29, 1.82) is 0 Å². The van der Waals surface area contributed by atoms with Gasteiger partial charge in [0.05, 0.1) is 7.11 Å². The lowest BCUT2D eigenvalue weighted by atomic mass is 10.1. The van der Waals surface area contributed by atoms with Gasteiger partial charge in [0, 0.05) is 19.5 Å². The van der Waals surface area contributed by atoms with Crippen molar-refractivity contribution in [3.05, 3.63) is 29.8 Å². The third kappa shape index (κ3) is 2.52. The summed E-state index contributed by atoms with van der Waals surface area (Å²) in [6.07, 6.45) is 1.45. The third-order valence-corrected chi connectivity index (χ3v) is 2.70. The first-order valence-corrected chi connectivity index (χ1v) is 5.46. The number of carbonyl (C=O) groups excluding carboxylic acids is 1. The second-order valence-corrected chi connectivity index (χ2v) is 3.81. The molecule has 1 heterocycles. The quantitative estimate of drug-likeness (QED) is 0.822. The SMILES string of the molecule is COc1cccc(CCN2NCCC2=O)c1. The van der Waals surface area contributed by atoms with E-state index in [1.807, 2.05) is 24.3 Å².